The van der Waals surface area contributed by atoms with E-state index >= 15 is 0 Å². The molecule has 0 aromatic heterocycles. The third-order valence-electron chi connectivity index (χ3n) is 0.321. The first-order valence-corrected chi connectivity index (χ1v) is 1.76. The molecule has 0 amide bonds. The van der Waals surface area contributed by atoms with Gasteiger partial charge in [0, 0.05) is 0 Å². The maximum absolute atomic E-state index is 5.12. The maximum atomic E-state index is 5.12. The van der Waals surface area contributed by atoms with Crippen molar-refractivity contribution in [2.45, 2.75) is 13.1 Å². The van der Waals surface area contributed by atoms with Gasteiger partial charge in [0.2, 0.25) is 0 Å². The summed E-state index contributed by atoms with van der Waals surface area (Å²) in [5, 5.41) is 0. The highest BCUT2D eigenvalue weighted by Crippen LogP contribution is 1.67. The van der Waals surface area contributed by atoms with Crippen LogP contribution in [0.15, 0.2) is 4.99 Å². The lowest BCUT2D eigenvalue weighted by Crippen LogP contribution is -2.12. The Morgan fingerprint density at radius 2 is 2.33 bits per heavy atom. The van der Waals surface area contributed by atoms with E-state index in [1.165, 1.54) is 6.34 Å². The molecule has 36 valence electrons. The van der Waals surface area contributed by atoms with Gasteiger partial charge in [-0.3, -0.25) is 4.99 Å². The topological polar surface area (TPSA) is 64.4 Å². The summed E-state index contributed by atoms with van der Waals surface area (Å²) < 4.78 is 0. The van der Waals surface area contributed by atoms with E-state index in [0.29, 0.717) is 0 Å². The van der Waals surface area contributed by atoms with Crippen molar-refractivity contribution in [3.63, 3.8) is 0 Å². The Hall–Kier alpha value is -0.570. The molecule has 0 bridgehead atoms. The molecule has 3 heteroatoms. The van der Waals surface area contributed by atoms with Crippen LogP contribution >= 0.6 is 0 Å². The molecule has 0 aliphatic carbocycles. The van der Waals surface area contributed by atoms with E-state index in [4.69, 9.17) is 11.5 Å². The first-order chi connectivity index (χ1) is 2.77. The SMILES string of the molecule is CC(N)N=CN. The fourth-order valence-corrected chi connectivity index (χ4v) is 0.136. The summed E-state index contributed by atoms with van der Waals surface area (Å²) in [7, 11) is 0. The molecule has 1 atom stereocenters. The monoisotopic (exact) mass is 87.1 g/mol. The van der Waals surface area contributed by atoms with Gasteiger partial charge in [0.05, 0.1) is 12.5 Å². The lowest BCUT2D eigenvalue weighted by atomic mass is 10.6. The second kappa shape index (κ2) is 2.66. The van der Waals surface area contributed by atoms with Crippen molar-refractivity contribution in [3.8, 4) is 0 Å². The van der Waals surface area contributed by atoms with Crippen molar-refractivity contribution in [1.29, 1.82) is 0 Å². The molecule has 3 nitrogen and oxygen atoms in total. The molecule has 6 heavy (non-hydrogen) atoms. The Bertz CT molecular complexity index is 48.0. The van der Waals surface area contributed by atoms with Crippen LogP contribution in [0.2, 0.25) is 0 Å². The molecule has 0 aromatic carbocycles. The van der Waals surface area contributed by atoms with E-state index in [-0.39, 0.29) is 6.17 Å². The molecule has 4 N–H and O–H groups in total. The molecule has 0 heterocycles. The lowest BCUT2D eigenvalue weighted by Gasteiger charge is -1.88. The Morgan fingerprint density at radius 1 is 1.83 bits per heavy atom. The highest BCUT2D eigenvalue weighted by molar-refractivity contribution is 5.51. The summed E-state index contributed by atoms with van der Waals surface area (Å²) in [4.78, 5) is 3.56. The number of nitrogens with two attached hydrogens (primary N) is 2. The van der Waals surface area contributed by atoms with Gasteiger partial charge >= 0.3 is 0 Å². The molecular formula is C3H9N3. The van der Waals surface area contributed by atoms with Crippen molar-refractivity contribution < 1.29 is 0 Å². The van der Waals surface area contributed by atoms with Gasteiger partial charge in [-0.25, -0.2) is 0 Å². The molecule has 1 unspecified atom stereocenters. The van der Waals surface area contributed by atoms with Crippen molar-refractivity contribution in [3.05, 3.63) is 0 Å². The molecule has 0 rings (SSSR count). The second-order valence-electron chi connectivity index (χ2n) is 1.04. The van der Waals surface area contributed by atoms with E-state index in [2.05, 4.69) is 4.99 Å². The summed E-state index contributed by atoms with van der Waals surface area (Å²) in [5.74, 6) is 0. The minimum atomic E-state index is -0.157. The van der Waals surface area contributed by atoms with Gasteiger partial charge in [-0.1, -0.05) is 0 Å². The van der Waals surface area contributed by atoms with E-state index in [0.717, 1.165) is 0 Å². The molecule has 0 aliphatic heterocycles. The van der Waals surface area contributed by atoms with E-state index < -0.39 is 0 Å². The summed E-state index contributed by atoms with van der Waals surface area (Å²) >= 11 is 0. The largest absolute Gasteiger partial charge is 0.390 e. The predicted octanol–water partition coefficient (Wildman–Crippen LogP) is -0.722. The number of hydrogen-bond donors (Lipinski definition) is 2. The molecule has 0 spiro atoms. The quantitative estimate of drug-likeness (QED) is 0.327. The average Bonchev–Trinajstić information content (AvgIpc) is 1.35. The van der Waals surface area contributed by atoms with Crippen LogP contribution in [0.3, 0.4) is 0 Å². The van der Waals surface area contributed by atoms with Crippen LogP contribution in [-0.4, -0.2) is 12.5 Å². The Labute approximate surface area is 37.0 Å². The maximum Gasteiger partial charge on any atom is 0.0958 e. The minimum absolute atomic E-state index is 0.157. The Kier molecular flexibility index (Phi) is 2.40. The summed E-state index contributed by atoms with van der Waals surface area (Å²) in [6.45, 7) is 1.75. The summed E-state index contributed by atoms with van der Waals surface area (Å²) in [5.41, 5.74) is 9.98. The van der Waals surface area contributed by atoms with Crippen molar-refractivity contribution in [2.24, 2.45) is 16.5 Å². The number of nitrogens with zero attached hydrogens (tertiary/aromatic N) is 1. The predicted molar refractivity (Wildman–Crippen MR) is 26.3 cm³/mol. The number of aliphatic imine (C=N–C) groups is 1. The third-order valence-corrected chi connectivity index (χ3v) is 0.321. The van der Waals surface area contributed by atoms with Gasteiger partial charge in [-0.2, -0.15) is 0 Å². The zero-order valence-electron chi connectivity index (χ0n) is 3.76. The van der Waals surface area contributed by atoms with Crippen LogP contribution < -0.4 is 11.5 Å². The molecule has 0 saturated carbocycles. The fraction of sp³-hybridized carbons (Fsp3) is 0.667. The summed E-state index contributed by atoms with van der Waals surface area (Å²) in [6.07, 6.45) is 1.04. The zero-order valence-corrected chi connectivity index (χ0v) is 3.76. The standard InChI is InChI=1S/C3H9N3/c1-3(5)6-2-4/h2-3H,5H2,1H3,(H2,4,6). The minimum Gasteiger partial charge on any atom is -0.390 e. The molecule has 0 aromatic rings. The van der Waals surface area contributed by atoms with Crippen LogP contribution in [0.25, 0.3) is 0 Å². The zero-order chi connectivity index (χ0) is 4.99. The normalized spacial score (nSPS) is 15.7. The Morgan fingerprint density at radius 3 is 2.33 bits per heavy atom. The first-order valence-electron chi connectivity index (χ1n) is 1.76. The lowest BCUT2D eigenvalue weighted by molar-refractivity contribution is 0.795. The van der Waals surface area contributed by atoms with Crippen LogP contribution in [0.5, 0.6) is 0 Å². The van der Waals surface area contributed by atoms with Crippen molar-refractivity contribution in [1.82, 2.24) is 0 Å². The van der Waals surface area contributed by atoms with Crippen LogP contribution in [0.4, 0.5) is 0 Å². The fourth-order valence-electron chi connectivity index (χ4n) is 0.136. The van der Waals surface area contributed by atoms with Gasteiger partial charge in [-0.05, 0) is 6.92 Å². The molecule has 0 radical (unpaired) electrons. The average molecular weight is 87.1 g/mol. The smallest absolute Gasteiger partial charge is 0.0958 e. The summed E-state index contributed by atoms with van der Waals surface area (Å²) in [6, 6.07) is 0. The molecular weight excluding hydrogens is 78.1 g/mol. The second-order valence-corrected chi connectivity index (χ2v) is 1.04. The van der Waals surface area contributed by atoms with Gasteiger partial charge < -0.3 is 11.5 Å². The van der Waals surface area contributed by atoms with Crippen molar-refractivity contribution in [2.75, 3.05) is 0 Å². The number of hydrogen-bond acceptors (Lipinski definition) is 2. The van der Waals surface area contributed by atoms with E-state index in [9.17, 15) is 0 Å². The highest BCUT2D eigenvalue weighted by atomic mass is 14.9. The van der Waals surface area contributed by atoms with Crippen molar-refractivity contribution >= 4 is 6.34 Å². The third kappa shape index (κ3) is 3.43. The molecule has 0 aliphatic rings. The Balaban J connectivity index is 3.03. The van der Waals surface area contributed by atoms with Crippen LogP contribution in [0, 0.1) is 0 Å². The first kappa shape index (κ1) is 5.43. The van der Waals surface area contributed by atoms with Gasteiger partial charge in [0.15, 0.2) is 0 Å². The number of rotatable bonds is 1. The molecule has 0 saturated heterocycles. The molecule has 0 fully saturated rings. The van der Waals surface area contributed by atoms with Gasteiger partial charge in [0.25, 0.3) is 0 Å². The van der Waals surface area contributed by atoms with E-state index in [1.807, 2.05) is 0 Å². The highest BCUT2D eigenvalue weighted by Gasteiger charge is 1.76. The van der Waals surface area contributed by atoms with Gasteiger partial charge in [0.1, 0.15) is 0 Å². The van der Waals surface area contributed by atoms with Gasteiger partial charge in [-0.15, -0.1) is 0 Å². The van der Waals surface area contributed by atoms with Crippen LogP contribution in [0.1, 0.15) is 6.92 Å². The van der Waals surface area contributed by atoms with E-state index in [1.54, 1.807) is 6.92 Å². The van der Waals surface area contributed by atoms with Crippen LogP contribution in [-0.2, 0) is 0 Å².